The van der Waals surface area contributed by atoms with Crippen molar-refractivity contribution in [1.29, 1.82) is 0 Å². The highest BCUT2D eigenvalue weighted by molar-refractivity contribution is 7.89. The molecule has 0 aliphatic heterocycles. The summed E-state index contributed by atoms with van der Waals surface area (Å²) in [7, 11) is -3.49. The number of benzene rings is 1. The fourth-order valence-electron chi connectivity index (χ4n) is 2.23. The van der Waals surface area contributed by atoms with E-state index in [1.807, 2.05) is 19.1 Å². The van der Waals surface area contributed by atoms with Crippen LogP contribution >= 0.6 is 11.6 Å². The Morgan fingerprint density at radius 3 is 2.35 bits per heavy atom. The lowest BCUT2D eigenvalue weighted by Crippen LogP contribution is -2.33. The van der Waals surface area contributed by atoms with Crippen molar-refractivity contribution in [2.24, 2.45) is 5.92 Å². The van der Waals surface area contributed by atoms with Crippen LogP contribution in [0.1, 0.15) is 37.8 Å². The maximum atomic E-state index is 12.3. The number of sulfonamides is 1. The predicted molar refractivity (Wildman–Crippen MR) is 84.8 cm³/mol. The second-order valence-electron chi connectivity index (χ2n) is 5.21. The maximum absolute atomic E-state index is 12.3. The van der Waals surface area contributed by atoms with Gasteiger partial charge in [-0.15, -0.1) is 11.6 Å². The molecule has 0 heterocycles. The van der Waals surface area contributed by atoms with E-state index < -0.39 is 10.0 Å². The number of nitrogens with one attached hydrogen (secondary N) is 1. The van der Waals surface area contributed by atoms with Gasteiger partial charge in [0.15, 0.2) is 0 Å². The molecule has 0 aliphatic rings. The molecule has 20 heavy (non-hydrogen) atoms. The molecule has 1 aromatic rings. The van der Waals surface area contributed by atoms with Crippen molar-refractivity contribution in [2.75, 3.05) is 6.54 Å². The largest absolute Gasteiger partial charge is 0.240 e. The van der Waals surface area contributed by atoms with Gasteiger partial charge in [0.2, 0.25) is 10.0 Å². The van der Waals surface area contributed by atoms with Gasteiger partial charge in [-0.05, 0) is 37.0 Å². The van der Waals surface area contributed by atoms with E-state index in [2.05, 4.69) is 18.6 Å². The van der Waals surface area contributed by atoms with Crippen molar-refractivity contribution in [1.82, 2.24) is 4.72 Å². The van der Waals surface area contributed by atoms with Crippen LogP contribution in [0.4, 0.5) is 0 Å². The second kappa shape index (κ2) is 7.43. The summed E-state index contributed by atoms with van der Waals surface area (Å²) in [5, 5.41) is -0.176. The quantitative estimate of drug-likeness (QED) is 0.781. The monoisotopic (exact) mass is 317 g/mol. The third-order valence-corrected chi connectivity index (χ3v) is 5.74. The topological polar surface area (TPSA) is 46.2 Å². The normalized spacial score (nSPS) is 13.7. The van der Waals surface area contributed by atoms with Gasteiger partial charge in [0.05, 0.1) is 4.90 Å². The van der Waals surface area contributed by atoms with Crippen LogP contribution in [0.25, 0.3) is 0 Å². The van der Waals surface area contributed by atoms with Crippen LogP contribution in [0.2, 0.25) is 0 Å². The lowest BCUT2D eigenvalue weighted by Gasteiger charge is -2.20. The second-order valence-corrected chi connectivity index (χ2v) is 7.51. The van der Waals surface area contributed by atoms with Crippen LogP contribution in [0.15, 0.2) is 23.1 Å². The van der Waals surface area contributed by atoms with Gasteiger partial charge in [0.1, 0.15) is 0 Å². The van der Waals surface area contributed by atoms with Crippen molar-refractivity contribution in [3.05, 3.63) is 29.3 Å². The smallest absolute Gasteiger partial charge is 0.210 e. The minimum absolute atomic E-state index is 0.176. The van der Waals surface area contributed by atoms with Gasteiger partial charge >= 0.3 is 0 Å². The van der Waals surface area contributed by atoms with E-state index in [-0.39, 0.29) is 11.9 Å². The Morgan fingerprint density at radius 2 is 1.80 bits per heavy atom. The first-order valence-corrected chi connectivity index (χ1v) is 8.94. The minimum atomic E-state index is -3.49. The number of hydrogen-bond donors (Lipinski definition) is 1. The number of halogens is 1. The highest BCUT2D eigenvalue weighted by atomic mass is 35.5. The summed E-state index contributed by atoms with van der Waals surface area (Å²) in [6, 6.07) is 5.42. The first kappa shape index (κ1) is 17.5. The number of hydrogen-bond acceptors (Lipinski definition) is 2. The summed E-state index contributed by atoms with van der Waals surface area (Å²) < 4.78 is 27.3. The molecule has 1 rings (SSSR count). The summed E-state index contributed by atoms with van der Waals surface area (Å²) in [5.41, 5.74) is 1.68. The zero-order chi connectivity index (χ0) is 15.3. The summed E-state index contributed by atoms with van der Waals surface area (Å²) >= 11 is 6.28. The molecule has 0 saturated heterocycles. The molecule has 0 aromatic heterocycles. The minimum Gasteiger partial charge on any atom is -0.210 e. The molecule has 5 heteroatoms. The Morgan fingerprint density at radius 1 is 1.20 bits per heavy atom. The van der Waals surface area contributed by atoms with E-state index in [0.29, 0.717) is 10.8 Å². The van der Waals surface area contributed by atoms with Crippen LogP contribution in [0, 0.1) is 19.8 Å². The van der Waals surface area contributed by atoms with E-state index in [9.17, 15) is 8.42 Å². The van der Waals surface area contributed by atoms with Gasteiger partial charge in [-0.25, -0.2) is 13.1 Å². The van der Waals surface area contributed by atoms with E-state index in [1.54, 1.807) is 13.0 Å². The molecular formula is C15H24ClNO2S. The molecular weight excluding hydrogens is 294 g/mol. The summed E-state index contributed by atoms with van der Waals surface area (Å²) in [4.78, 5) is 0.339. The Labute approximate surface area is 127 Å². The molecule has 0 fully saturated rings. The van der Waals surface area contributed by atoms with Gasteiger partial charge in [0.25, 0.3) is 0 Å². The molecule has 1 aromatic carbocycles. The lowest BCUT2D eigenvalue weighted by atomic mass is 9.99. The van der Waals surface area contributed by atoms with Crippen LogP contribution in [-0.2, 0) is 10.0 Å². The Balaban J connectivity index is 2.83. The average molecular weight is 318 g/mol. The first-order chi connectivity index (χ1) is 9.31. The fraction of sp³-hybridized carbons (Fsp3) is 0.600. The van der Waals surface area contributed by atoms with Crippen LogP contribution in [0.5, 0.6) is 0 Å². The highest BCUT2D eigenvalue weighted by Gasteiger charge is 2.21. The molecule has 3 nitrogen and oxygen atoms in total. The SMILES string of the molecule is CCC(CC)C(Cl)CNS(=O)(=O)c1cc(C)ccc1C. The summed E-state index contributed by atoms with van der Waals surface area (Å²) in [6.45, 7) is 8.09. The van der Waals surface area contributed by atoms with Crippen molar-refractivity contribution in [3.63, 3.8) is 0 Å². The van der Waals surface area contributed by atoms with Crippen molar-refractivity contribution in [3.8, 4) is 0 Å². The zero-order valence-electron chi connectivity index (χ0n) is 12.6. The lowest BCUT2D eigenvalue weighted by molar-refractivity contribution is 0.460. The number of rotatable bonds is 7. The molecule has 0 aliphatic carbocycles. The van der Waals surface area contributed by atoms with Crippen molar-refractivity contribution in [2.45, 2.75) is 50.8 Å². The van der Waals surface area contributed by atoms with Crippen LogP contribution in [0.3, 0.4) is 0 Å². The standard InChI is InChI=1S/C15H24ClNO2S/c1-5-13(6-2)14(16)10-17-20(18,19)15-9-11(3)7-8-12(15)4/h7-9,13-14,17H,5-6,10H2,1-4H3. The molecule has 0 radical (unpaired) electrons. The van der Waals surface area contributed by atoms with Crippen LogP contribution in [-0.4, -0.2) is 20.3 Å². The molecule has 1 N–H and O–H groups in total. The number of alkyl halides is 1. The Hall–Kier alpha value is -0.580. The van der Waals surface area contributed by atoms with Crippen LogP contribution < -0.4 is 4.72 Å². The first-order valence-electron chi connectivity index (χ1n) is 7.02. The van der Waals surface area contributed by atoms with Crippen molar-refractivity contribution < 1.29 is 8.42 Å². The highest BCUT2D eigenvalue weighted by Crippen LogP contribution is 2.20. The maximum Gasteiger partial charge on any atom is 0.240 e. The molecule has 0 bridgehead atoms. The molecule has 114 valence electrons. The van der Waals surface area contributed by atoms with Gasteiger partial charge < -0.3 is 0 Å². The molecule has 0 spiro atoms. The number of aryl methyl sites for hydroxylation is 2. The van der Waals surface area contributed by atoms with E-state index in [1.165, 1.54) is 0 Å². The van der Waals surface area contributed by atoms with E-state index in [0.717, 1.165) is 24.0 Å². The molecule has 0 amide bonds. The fourth-order valence-corrected chi connectivity index (χ4v) is 4.14. The summed E-state index contributed by atoms with van der Waals surface area (Å²) in [6.07, 6.45) is 1.91. The molecule has 1 atom stereocenters. The van der Waals surface area contributed by atoms with Gasteiger partial charge in [-0.2, -0.15) is 0 Å². The Kier molecular flexibility index (Phi) is 6.49. The molecule has 1 unspecified atom stereocenters. The third-order valence-electron chi connectivity index (χ3n) is 3.66. The van der Waals surface area contributed by atoms with Crippen molar-refractivity contribution >= 4 is 21.6 Å². The molecule has 0 saturated carbocycles. The zero-order valence-corrected chi connectivity index (χ0v) is 14.2. The Bertz CT molecular complexity index is 539. The van der Waals surface area contributed by atoms with Gasteiger partial charge in [0, 0.05) is 11.9 Å². The summed E-state index contributed by atoms with van der Waals surface area (Å²) in [5.74, 6) is 0.331. The van der Waals surface area contributed by atoms with E-state index >= 15 is 0 Å². The third kappa shape index (κ3) is 4.47. The predicted octanol–water partition coefficient (Wildman–Crippen LogP) is 3.63. The van der Waals surface area contributed by atoms with Gasteiger partial charge in [-0.3, -0.25) is 0 Å². The van der Waals surface area contributed by atoms with Gasteiger partial charge in [-0.1, -0.05) is 38.8 Å². The average Bonchev–Trinajstić information content (AvgIpc) is 2.40. The van der Waals surface area contributed by atoms with E-state index in [4.69, 9.17) is 11.6 Å².